The molecule has 0 aliphatic carbocycles. The number of hydrogen-bond donors (Lipinski definition) is 0. The summed E-state index contributed by atoms with van der Waals surface area (Å²) in [4.78, 5) is 21.7. The predicted octanol–water partition coefficient (Wildman–Crippen LogP) is 4.65. The topological polar surface area (TPSA) is 83.1 Å². The highest BCUT2D eigenvalue weighted by Crippen LogP contribution is 2.46. The van der Waals surface area contributed by atoms with Crippen LogP contribution in [0.5, 0.6) is 0 Å². The zero-order valence-electron chi connectivity index (χ0n) is 22.3. The van der Waals surface area contributed by atoms with E-state index in [4.69, 9.17) is 4.18 Å². The summed E-state index contributed by atoms with van der Waals surface area (Å²) in [5.74, 6) is -1.03. The number of piperazine rings is 1. The summed E-state index contributed by atoms with van der Waals surface area (Å²) in [5, 5.41) is 5.89. The molecule has 2 aliphatic heterocycles. The lowest BCUT2D eigenvalue weighted by atomic mass is 9.90. The van der Waals surface area contributed by atoms with Crippen molar-refractivity contribution in [1.82, 2.24) is 14.2 Å². The smallest absolute Gasteiger partial charge is 0.304 e. The standard InChI is InChI=1S/C31H27FN4O4S/c1-34-14-16-35(17-15-34)41(38,39)40-30-29(27-13-11-21(32)19-33-27)36(31(30)37)28-18-26-22-7-3-2-6-20(22)10-12-24(26)23-8-4-5-9-25(23)28/h2-13,18-19,29-30H,14-17H2,1H3/t29-,30-/m0/s1. The molecule has 8 nitrogen and oxygen atoms in total. The molecule has 2 aliphatic rings. The molecule has 0 saturated carbocycles. The summed E-state index contributed by atoms with van der Waals surface area (Å²) >= 11 is 0. The molecule has 0 radical (unpaired) electrons. The fraction of sp³-hybridized carbons (Fsp3) is 0.226. The maximum Gasteiger partial charge on any atom is 0.339 e. The molecule has 2 saturated heterocycles. The molecule has 3 heterocycles. The molecule has 0 N–H and O–H groups in total. The first kappa shape index (κ1) is 26.0. The van der Waals surface area contributed by atoms with E-state index in [9.17, 15) is 17.6 Å². The summed E-state index contributed by atoms with van der Waals surface area (Å²) in [5.41, 5.74) is 0.953. The number of carbonyl (C=O) groups excluding carboxylic acids is 1. The highest BCUT2D eigenvalue weighted by atomic mass is 32.2. The van der Waals surface area contributed by atoms with Crippen LogP contribution in [0.2, 0.25) is 0 Å². The Morgan fingerprint density at radius 1 is 0.829 bits per heavy atom. The Bertz CT molecular complexity index is 1920. The second-order valence-corrected chi connectivity index (χ2v) is 12.1. The Labute approximate surface area is 236 Å². The third-order valence-corrected chi connectivity index (χ3v) is 9.56. The van der Waals surface area contributed by atoms with Gasteiger partial charge in [-0.15, -0.1) is 0 Å². The van der Waals surface area contributed by atoms with Crippen molar-refractivity contribution in [3.8, 4) is 0 Å². The van der Waals surface area contributed by atoms with Gasteiger partial charge in [-0.25, -0.2) is 8.57 Å². The number of nitrogens with zero attached hydrogens (tertiary/aromatic N) is 4. The van der Waals surface area contributed by atoms with E-state index in [2.05, 4.69) is 17.1 Å². The minimum absolute atomic E-state index is 0.269. The second-order valence-electron chi connectivity index (χ2n) is 10.6. The van der Waals surface area contributed by atoms with E-state index in [0.29, 0.717) is 24.5 Å². The van der Waals surface area contributed by atoms with Gasteiger partial charge in [0, 0.05) is 31.6 Å². The van der Waals surface area contributed by atoms with Crippen LogP contribution in [-0.4, -0.2) is 67.8 Å². The van der Waals surface area contributed by atoms with Gasteiger partial charge in [-0.2, -0.15) is 12.7 Å². The normalized spacial score (nSPS) is 20.6. The number of carbonyl (C=O) groups is 1. The van der Waals surface area contributed by atoms with Gasteiger partial charge in [0.25, 0.3) is 5.91 Å². The van der Waals surface area contributed by atoms with Gasteiger partial charge in [-0.1, -0.05) is 60.7 Å². The SMILES string of the molecule is CN1CCN(S(=O)(=O)O[C@@H]2C(=O)N(c3cc4c5ccccc5ccc4c4ccccc34)[C@H]2c2ccc(F)cn2)CC1. The summed E-state index contributed by atoms with van der Waals surface area (Å²) in [7, 11) is -2.28. The highest BCUT2D eigenvalue weighted by molar-refractivity contribution is 7.84. The summed E-state index contributed by atoms with van der Waals surface area (Å²) in [6, 6.07) is 23.8. The molecule has 5 aromatic rings. The lowest BCUT2D eigenvalue weighted by molar-refractivity contribution is -0.135. The van der Waals surface area contributed by atoms with Gasteiger partial charge in [0.15, 0.2) is 6.10 Å². The van der Waals surface area contributed by atoms with E-state index < -0.39 is 34.2 Å². The van der Waals surface area contributed by atoms with Crippen molar-refractivity contribution < 1.29 is 21.8 Å². The quantitative estimate of drug-likeness (QED) is 0.226. The zero-order chi connectivity index (χ0) is 28.3. The fourth-order valence-corrected chi connectivity index (χ4v) is 7.10. The predicted molar refractivity (Wildman–Crippen MR) is 156 cm³/mol. The lowest BCUT2D eigenvalue weighted by Gasteiger charge is -2.46. The molecule has 41 heavy (non-hydrogen) atoms. The van der Waals surface area contributed by atoms with Crippen molar-refractivity contribution in [2.24, 2.45) is 0 Å². The molecule has 0 spiro atoms. The monoisotopic (exact) mass is 570 g/mol. The summed E-state index contributed by atoms with van der Waals surface area (Å²) in [6.45, 7) is 1.66. The van der Waals surface area contributed by atoms with Crippen molar-refractivity contribution in [3.05, 3.63) is 96.6 Å². The van der Waals surface area contributed by atoms with Crippen LogP contribution in [0.4, 0.5) is 10.1 Å². The van der Waals surface area contributed by atoms with Crippen molar-refractivity contribution in [2.45, 2.75) is 12.1 Å². The first-order chi connectivity index (χ1) is 19.8. The molecule has 2 atom stereocenters. The number of β-lactam (4-membered cyclic amide) rings is 1. The molecule has 2 fully saturated rings. The van der Waals surface area contributed by atoms with Crippen LogP contribution in [0.25, 0.3) is 32.3 Å². The maximum atomic E-state index is 13.9. The third kappa shape index (κ3) is 4.34. The number of anilines is 1. The lowest BCUT2D eigenvalue weighted by Crippen LogP contribution is -2.62. The minimum Gasteiger partial charge on any atom is -0.304 e. The number of amides is 1. The summed E-state index contributed by atoms with van der Waals surface area (Å²) in [6.07, 6.45) is -0.270. The average Bonchev–Trinajstić information content (AvgIpc) is 2.99. The van der Waals surface area contributed by atoms with E-state index in [-0.39, 0.29) is 13.1 Å². The van der Waals surface area contributed by atoms with Crippen molar-refractivity contribution in [1.29, 1.82) is 0 Å². The number of halogens is 1. The molecule has 1 amide bonds. The number of benzene rings is 4. The molecule has 7 rings (SSSR count). The Kier molecular flexibility index (Phi) is 6.24. The largest absolute Gasteiger partial charge is 0.339 e. The first-order valence-electron chi connectivity index (χ1n) is 13.5. The molecule has 0 bridgehead atoms. The fourth-order valence-electron chi connectivity index (χ4n) is 5.92. The van der Waals surface area contributed by atoms with Crippen LogP contribution in [0.15, 0.2) is 85.1 Å². The first-order valence-corrected chi connectivity index (χ1v) is 14.8. The van der Waals surface area contributed by atoms with Crippen LogP contribution in [0, 0.1) is 5.82 Å². The van der Waals surface area contributed by atoms with Gasteiger partial charge in [-0.3, -0.25) is 14.7 Å². The van der Waals surface area contributed by atoms with E-state index in [1.165, 1.54) is 21.3 Å². The maximum absolute atomic E-state index is 13.9. The number of aromatic nitrogens is 1. The number of likely N-dealkylation sites (N-methyl/N-ethyl adjacent to an activating group) is 1. The van der Waals surface area contributed by atoms with Crippen LogP contribution in [-0.2, 0) is 19.3 Å². The van der Waals surface area contributed by atoms with Crippen LogP contribution < -0.4 is 4.90 Å². The number of fused-ring (bicyclic) bond motifs is 5. The van der Waals surface area contributed by atoms with Crippen molar-refractivity contribution in [3.63, 3.8) is 0 Å². The van der Waals surface area contributed by atoms with Gasteiger partial charge in [0.05, 0.1) is 17.6 Å². The zero-order valence-corrected chi connectivity index (χ0v) is 23.1. The van der Waals surface area contributed by atoms with Gasteiger partial charge in [-0.05, 0) is 52.2 Å². The van der Waals surface area contributed by atoms with Crippen LogP contribution >= 0.6 is 0 Å². The van der Waals surface area contributed by atoms with Gasteiger partial charge < -0.3 is 4.90 Å². The number of hydrogen-bond acceptors (Lipinski definition) is 6. The van der Waals surface area contributed by atoms with E-state index in [1.54, 1.807) is 0 Å². The summed E-state index contributed by atoms with van der Waals surface area (Å²) < 4.78 is 47.3. The Hall–Kier alpha value is -3.96. The Balaban J connectivity index is 1.37. The van der Waals surface area contributed by atoms with Gasteiger partial charge in [0.2, 0.25) is 0 Å². The highest BCUT2D eigenvalue weighted by Gasteiger charge is 2.54. The average molecular weight is 571 g/mol. The van der Waals surface area contributed by atoms with Gasteiger partial charge >= 0.3 is 10.3 Å². The van der Waals surface area contributed by atoms with Crippen LogP contribution in [0.3, 0.4) is 0 Å². The van der Waals surface area contributed by atoms with Crippen LogP contribution in [0.1, 0.15) is 11.7 Å². The van der Waals surface area contributed by atoms with E-state index in [1.807, 2.05) is 66.5 Å². The molecule has 10 heteroatoms. The van der Waals surface area contributed by atoms with Crippen molar-refractivity contribution in [2.75, 3.05) is 38.1 Å². The molecular formula is C31H27FN4O4S. The van der Waals surface area contributed by atoms with Crippen molar-refractivity contribution >= 4 is 54.2 Å². The second kappa shape index (κ2) is 9.85. The Morgan fingerprint density at radius 3 is 2.24 bits per heavy atom. The molecule has 0 unspecified atom stereocenters. The molecule has 208 valence electrons. The number of rotatable bonds is 5. The Morgan fingerprint density at radius 2 is 1.51 bits per heavy atom. The minimum atomic E-state index is -4.20. The van der Waals surface area contributed by atoms with E-state index >= 15 is 0 Å². The third-order valence-electron chi connectivity index (χ3n) is 8.11. The molecule has 4 aromatic carbocycles. The molecule has 1 aromatic heterocycles. The molecular weight excluding hydrogens is 543 g/mol. The van der Waals surface area contributed by atoms with E-state index in [0.717, 1.165) is 38.5 Å². The van der Waals surface area contributed by atoms with Gasteiger partial charge in [0.1, 0.15) is 11.9 Å². The number of pyridine rings is 1.